The van der Waals surface area contributed by atoms with Gasteiger partial charge in [0, 0.05) is 36.4 Å². The van der Waals surface area contributed by atoms with E-state index in [0.29, 0.717) is 58.1 Å². The van der Waals surface area contributed by atoms with Crippen LogP contribution in [0.25, 0.3) is 11.5 Å². The number of carbonyl (C=O) groups excluding carboxylic acids is 1. The first-order valence-corrected chi connectivity index (χ1v) is 13.5. The van der Waals surface area contributed by atoms with E-state index in [1.165, 1.54) is 25.1 Å². The van der Waals surface area contributed by atoms with Crippen molar-refractivity contribution in [2.75, 3.05) is 30.8 Å². The number of hydrogen-bond acceptors (Lipinski definition) is 11. The van der Waals surface area contributed by atoms with Gasteiger partial charge in [-0.05, 0) is 18.2 Å². The minimum atomic E-state index is -0.611. The first-order valence-electron chi connectivity index (χ1n) is 12.3. The molecule has 10 nitrogen and oxygen atoms in total. The molecule has 0 unspecified atom stereocenters. The van der Waals surface area contributed by atoms with Crippen LogP contribution in [0.15, 0.2) is 69.3 Å². The van der Waals surface area contributed by atoms with Gasteiger partial charge in [-0.25, -0.2) is 19.7 Å². The zero-order valence-corrected chi connectivity index (χ0v) is 22.5. The molecule has 6 rings (SSSR count). The van der Waals surface area contributed by atoms with Crippen LogP contribution in [0.4, 0.5) is 11.6 Å². The molecule has 0 aliphatic carbocycles. The third-order valence-electron chi connectivity index (χ3n) is 7.13. The van der Waals surface area contributed by atoms with E-state index in [0.717, 1.165) is 11.3 Å². The van der Waals surface area contributed by atoms with Gasteiger partial charge in [0.2, 0.25) is 5.89 Å². The van der Waals surface area contributed by atoms with Crippen LogP contribution in [0, 0.1) is 0 Å². The number of ether oxygens (including phenoxy) is 2. The predicted molar refractivity (Wildman–Crippen MR) is 147 cm³/mol. The molecule has 2 aliphatic rings. The van der Waals surface area contributed by atoms with E-state index < -0.39 is 11.6 Å². The SMILES string of the molecule is COC(=O)c1nc(Sc2cccc(-c3ncco3)c2Cl)c(N)nc1N1CCC2(CC1)Oc1ccccc1[C@H]2N. The van der Waals surface area contributed by atoms with Crippen LogP contribution in [-0.4, -0.2) is 46.7 Å². The van der Waals surface area contributed by atoms with Crippen LogP contribution in [0.3, 0.4) is 0 Å². The van der Waals surface area contributed by atoms with Gasteiger partial charge in [-0.1, -0.05) is 47.6 Å². The van der Waals surface area contributed by atoms with Crippen molar-refractivity contribution in [3.63, 3.8) is 0 Å². The largest absolute Gasteiger partial charge is 0.485 e. The van der Waals surface area contributed by atoms with Crippen molar-refractivity contribution in [1.29, 1.82) is 0 Å². The molecular weight excluding hydrogens is 540 g/mol. The number of para-hydroxylation sites is 1. The van der Waals surface area contributed by atoms with Crippen molar-refractivity contribution in [2.45, 2.75) is 34.4 Å². The number of fused-ring (bicyclic) bond motifs is 1. The first kappa shape index (κ1) is 25.5. The molecule has 1 atom stereocenters. The van der Waals surface area contributed by atoms with Gasteiger partial charge in [0.05, 0.1) is 29.9 Å². The summed E-state index contributed by atoms with van der Waals surface area (Å²) in [5.74, 6) is 1.14. The Kier molecular flexibility index (Phi) is 6.57. The van der Waals surface area contributed by atoms with Gasteiger partial charge in [-0.15, -0.1) is 0 Å². The van der Waals surface area contributed by atoms with Gasteiger partial charge in [-0.3, -0.25) is 0 Å². The van der Waals surface area contributed by atoms with Crippen molar-refractivity contribution in [3.8, 4) is 17.2 Å². The lowest BCUT2D eigenvalue weighted by molar-refractivity contribution is 0.0429. The average molecular weight is 565 g/mol. The molecule has 0 saturated carbocycles. The van der Waals surface area contributed by atoms with Gasteiger partial charge in [0.15, 0.2) is 17.3 Å². The number of nitrogens with zero attached hydrogens (tertiary/aromatic N) is 4. The lowest BCUT2D eigenvalue weighted by Crippen LogP contribution is -2.52. The Morgan fingerprint density at radius 2 is 1.97 bits per heavy atom. The Morgan fingerprint density at radius 1 is 1.18 bits per heavy atom. The Balaban J connectivity index is 1.27. The van der Waals surface area contributed by atoms with Crippen molar-refractivity contribution in [2.24, 2.45) is 5.73 Å². The predicted octanol–water partition coefficient (Wildman–Crippen LogP) is 4.74. The zero-order valence-electron chi connectivity index (χ0n) is 21.0. The number of halogens is 1. The molecule has 2 aromatic carbocycles. The normalized spacial score (nSPS) is 17.6. The minimum absolute atomic E-state index is 0.0741. The molecule has 2 aromatic heterocycles. The summed E-state index contributed by atoms with van der Waals surface area (Å²) in [6.45, 7) is 1.10. The highest BCUT2D eigenvalue weighted by Crippen LogP contribution is 2.47. The van der Waals surface area contributed by atoms with E-state index in [1.54, 1.807) is 12.3 Å². The summed E-state index contributed by atoms with van der Waals surface area (Å²) >= 11 is 7.85. The van der Waals surface area contributed by atoms with Crippen LogP contribution in [0.1, 0.15) is 34.9 Å². The molecular formula is C27H25ClN6O4S. The monoisotopic (exact) mass is 564 g/mol. The molecule has 4 aromatic rings. The summed E-state index contributed by atoms with van der Waals surface area (Å²) in [6.07, 6.45) is 4.31. The highest BCUT2D eigenvalue weighted by molar-refractivity contribution is 7.99. The van der Waals surface area contributed by atoms with Crippen LogP contribution in [0.5, 0.6) is 5.75 Å². The van der Waals surface area contributed by atoms with E-state index in [-0.39, 0.29) is 17.6 Å². The number of methoxy groups -OCH3 is 1. The first-order chi connectivity index (χ1) is 18.9. The van der Waals surface area contributed by atoms with Gasteiger partial charge >= 0.3 is 5.97 Å². The van der Waals surface area contributed by atoms with Crippen molar-refractivity contribution in [3.05, 3.63) is 71.2 Å². The second kappa shape index (κ2) is 10.1. The number of aromatic nitrogens is 3. The van der Waals surface area contributed by atoms with Gasteiger partial charge in [0.25, 0.3) is 0 Å². The maximum Gasteiger partial charge on any atom is 0.360 e. The molecule has 2 aliphatic heterocycles. The number of carbonyl (C=O) groups is 1. The molecule has 0 radical (unpaired) electrons. The smallest absolute Gasteiger partial charge is 0.360 e. The zero-order chi connectivity index (χ0) is 27.1. The standard InChI is InChI=1S/C27H25ClN6O4S/c1-36-26(35)20-23(34-12-9-27(10-13-34)21(29)15-5-2-3-7-17(15)38-27)33-22(30)25(32-20)39-18-8-4-6-16(19(18)28)24-31-11-14-37-24/h2-8,11,14,21H,9-10,12-13,29H2,1H3,(H2,30,33)/t21-/m1/s1. The van der Waals surface area contributed by atoms with Crippen molar-refractivity contribution < 1.29 is 18.7 Å². The summed E-state index contributed by atoms with van der Waals surface area (Å²) in [6, 6.07) is 13.1. The number of nitrogens with two attached hydrogens (primary N) is 2. The fourth-order valence-corrected chi connectivity index (χ4v) is 6.24. The van der Waals surface area contributed by atoms with Crippen LogP contribution < -0.4 is 21.1 Å². The molecule has 1 fully saturated rings. The quantitative estimate of drug-likeness (QED) is 0.324. The topological polar surface area (TPSA) is 143 Å². The molecule has 4 heterocycles. The highest BCUT2D eigenvalue weighted by Gasteiger charge is 2.48. The third-order valence-corrected chi connectivity index (χ3v) is 8.70. The average Bonchev–Trinajstić information content (AvgIpc) is 3.58. The molecule has 39 heavy (non-hydrogen) atoms. The van der Waals surface area contributed by atoms with Gasteiger partial charge in [-0.2, -0.15) is 0 Å². The number of esters is 1. The number of anilines is 2. The lowest BCUT2D eigenvalue weighted by Gasteiger charge is -2.41. The Labute approximate surface area is 233 Å². The lowest BCUT2D eigenvalue weighted by atomic mass is 9.83. The third kappa shape index (κ3) is 4.46. The van der Waals surface area contributed by atoms with Crippen LogP contribution in [0.2, 0.25) is 5.02 Å². The number of oxazole rings is 1. The summed E-state index contributed by atoms with van der Waals surface area (Å²) in [7, 11) is 1.31. The summed E-state index contributed by atoms with van der Waals surface area (Å²) < 4.78 is 16.8. The second-order valence-electron chi connectivity index (χ2n) is 9.30. The Hall–Kier alpha value is -3.80. The highest BCUT2D eigenvalue weighted by atomic mass is 35.5. The number of hydrogen-bond donors (Lipinski definition) is 2. The van der Waals surface area contributed by atoms with E-state index >= 15 is 0 Å². The van der Waals surface area contributed by atoms with Crippen molar-refractivity contribution >= 4 is 41.0 Å². The summed E-state index contributed by atoms with van der Waals surface area (Å²) in [5, 5.41) is 0.751. The molecule has 0 amide bonds. The molecule has 200 valence electrons. The number of rotatable bonds is 5. The second-order valence-corrected chi connectivity index (χ2v) is 10.7. The number of piperidine rings is 1. The fourth-order valence-electron chi connectivity index (χ4n) is 5.07. The number of benzene rings is 2. The van der Waals surface area contributed by atoms with Crippen LogP contribution in [-0.2, 0) is 4.74 Å². The van der Waals surface area contributed by atoms with Gasteiger partial charge < -0.3 is 30.3 Å². The fraction of sp³-hybridized carbons (Fsp3) is 0.259. The molecule has 0 bridgehead atoms. The molecule has 1 saturated heterocycles. The molecule has 4 N–H and O–H groups in total. The van der Waals surface area contributed by atoms with Gasteiger partial charge in [0.1, 0.15) is 22.6 Å². The van der Waals surface area contributed by atoms with Crippen LogP contribution >= 0.6 is 23.4 Å². The van der Waals surface area contributed by atoms with E-state index in [1.807, 2.05) is 41.3 Å². The Morgan fingerprint density at radius 3 is 2.69 bits per heavy atom. The summed E-state index contributed by atoms with van der Waals surface area (Å²) in [4.78, 5) is 28.8. The minimum Gasteiger partial charge on any atom is -0.485 e. The van der Waals surface area contributed by atoms with E-state index in [2.05, 4.69) is 15.0 Å². The van der Waals surface area contributed by atoms with E-state index in [4.69, 9.17) is 37.0 Å². The molecule has 12 heteroatoms. The van der Waals surface area contributed by atoms with E-state index in [9.17, 15) is 4.79 Å². The molecule has 1 spiro atoms. The van der Waals surface area contributed by atoms with Crippen molar-refractivity contribution in [1.82, 2.24) is 15.0 Å². The number of nitrogen functional groups attached to an aromatic ring is 1. The maximum atomic E-state index is 12.8. The maximum absolute atomic E-state index is 12.8. The summed E-state index contributed by atoms with van der Waals surface area (Å²) in [5.41, 5.74) is 14.2. The Bertz CT molecular complexity index is 1540.